The van der Waals surface area contributed by atoms with Gasteiger partial charge in [-0.25, -0.2) is 0 Å². The Labute approximate surface area is 152 Å². The Hall–Kier alpha value is -0.330. The second kappa shape index (κ2) is 16.2. The Balaban J connectivity index is 1.71. The molecule has 0 N–H and O–H groups in total. The van der Waals surface area contributed by atoms with Gasteiger partial charge < -0.3 is 0 Å². The molecule has 24 heavy (non-hydrogen) atoms. The number of unbranched alkanes of at least 4 members (excludes halogenated alkanes) is 14. The van der Waals surface area contributed by atoms with Crippen LogP contribution in [0.2, 0.25) is 0 Å². The molecule has 1 nitrogen and oxygen atoms in total. The largest absolute Gasteiger partial charge is 0.299 e. The Morgan fingerprint density at radius 2 is 1.00 bits per heavy atom. The second-order valence-electron chi connectivity index (χ2n) is 8.15. The van der Waals surface area contributed by atoms with Gasteiger partial charge in [-0.05, 0) is 19.3 Å². The summed E-state index contributed by atoms with van der Waals surface area (Å²) in [5.41, 5.74) is 0. The van der Waals surface area contributed by atoms with Crippen molar-refractivity contribution in [1.82, 2.24) is 0 Å². The van der Waals surface area contributed by atoms with E-state index in [1.807, 2.05) is 0 Å². The van der Waals surface area contributed by atoms with Crippen molar-refractivity contribution in [3.63, 3.8) is 0 Å². The molecule has 0 aromatic heterocycles. The van der Waals surface area contributed by atoms with Crippen molar-refractivity contribution in [2.45, 2.75) is 135 Å². The smallest absolute Gasteiger partial charge is 0.135 e. The lowest BCUT2D eigenvalue weighted by molar-refractivity contribution is -0.122. The molecule has 1 fully saturated rings. The SMILES string of the molecule is CCCCCCCCCCCCCCCCCC(=O)C1CCCC1. The molecular formula is C23H44O. The molecule has 0 heterocycles. The van der Waals surface area contributed by atoms with E-state index in [1.165, 1.54) is 116 Å². The maximum atomic E-state index is 12.0. The molecule has 0 aliphatic heterocycles. The van der Waals surface area contributed by atoms with Gasteiger partial charge in [0.1, 0.15) is 5.78 Å². The minimum atomic E-state index is 0.441. The van der Waals surface area contributed by atoms with E-state index in [0.29, 0.717) is 11.7 Å². The molecule has 142 valence electrons. The Morgan fingerprint density at radius 1 is 0.625 bits per heavy atom. The van der Waals surface area contributed by atoms with Gasteiger partial charge in [-0.15, -0.1) is 0 Å². The summed E-state index contributed by atoms with van der Waals surface area (Å²) in [5.74, 6) is 1.01. The van der Waals surface area contributed by atoms with E-state index < -0.39 is 0 Å². The van der Waals surface area contributed by atoms with E-state index in [1.54, 1.807) is 0 Å². The van der Waals surface area contributed by atoms with E-state index in [9.17, 15) is 4.79 Å². The third kappa shape index (κ3) is 12.1. The summed E-state index contributed by atoms with van der Waals surface area (Å²) in [6.07, 6.45) is 26.7. The summed E-state index contributed by atoms with van der Waals surface area (Å²) in [5, 5.41) is 0. The fourth-order valence-corrected chi connectivity index (χ4v) is 4.12. The van der Waals surface area contributed by atoms with Crippen molar-refractivity contribution in [2.75, 3.05) is 0 Å². The van der Waals surface area contributed by atoms with E-state index in [4.69, 9.17) is 0 Å². The highest BCUT2D eigenvalue weighted by atomic mass is 16.1. The van der Waals surface area contributed by atoms with Crippen LogP contribution in [0, 0.1) is 5.92 Å². The zero-order chi connectivity index (χ0) is 17.3. The average Bonchev–Trinajstić information content (AvgIpc) is 3.13. The van der Waals surface area contributed by atoms with Gasteiger partial charge in [0.15, 0.2) is 0 Å². The van der Waals surface area contributed by atoms with Gasteiger partial charge in [-0.2, -0.15) is 0 Å². The predicted octanol–water partition coefficient (Wildman–Crippen LogP) is 8.01. The summed E-state index contributed by atoms with van der Waals surface area (Å²) < 4.78 is 0. The quantitative estimate of drug-likeness (QED) is 0.246. The predicted molar refractivity (Wildman–Crippen MR) is 107 cm³/mol. The highest BCUT2D eigenvalue weighted by Crippen LogP contribution is 2.27. The van der Waals surface area contributed by atoms with Crippen LogP contribution < -0.4 is 0 Å². The second-order valence-corrected chi connectivity index (χ2v) is 8.15. The first-order valence-corrected chi connectivity index (χ1v) is 11.4. The Kier molecular flexibility index (Phi) is 14.6. The summed E-state index contributed by atoms with van der Waals surface area (Å²) in [4.78, 5) is 12.0. The van der Waals surface area contributed by atoms with Gasteiger partial charge in [-0.1, -0.05) is 110 Å². The third-order valence-corrected chi connectivity index (χ3v) is 5.84. The fraction of sp³-hybridized carbons (Fsp3) is 0.957. The maximum Gasteiger partial charge on any atom is 0.135 e. The molecule has 0 bridgehead atoms. The van der Waals surface area contributed by atoms with Gasteiger partial charge in [0, 0.05) is 12.3 Å². The normalized spacial score (nSPS) is 15.2. The third-order valence-electron chi connectivity index (χ3n) is 5.84. The molecule has 0 saturated heterocycles. The zero-order valence-electron chi connectivity index (χ0n) is 16.6. The van der Waals surface area contributed by atoms with Crippen LogP contribution in [0.15, 0.2) is 0 Å². The van der Waals surface area contributed by atoms with Gasteiger partial charge in [0.25, 0.3) is 0 Å². The average molecular weight is 337 g/mol. The molecule has 0 amide bonds. The van der Waals surface area contributed by atoms with E-state index in [-0.39, 0.29) is 0 Å². The van der Waals surface area contributed by atoms with Crippen LogP contribution in [-0.2, 0) is 4.79 Å². The number of hydrogen-bond acceptors (Lipinski definition) is 1. The van der Waals surface area contributed by atoms with Crippen molar-refractivity contribution in [2.24, 2.45) is 5.92 Å². The van der Waals surface area contributed by atoms with Gasteiger partial charge >= 0.3 is 0 Å². The lowest BCUT2D eigenvalue weighted by Crippen LogP contribution is -2.09. The molecule has 0 spiro atoms. The number of hydrogen-bond donors (Lipinski definition) is 0. The molecule has 1 aliphatic carbocycles. The molecule has 0 unspecified atom stereocenters. The Morgan fingerprint density at radius 3 is 1.42 bits per heavy atom. The molecular weight excluding hydrogens is 292 g/mol. The first-order chi connectivity index (χ1) is 11.8. The standard InChI is InChI=1S/C23H44O/c1-2-3-4-5-6-7-8-9-10-11-12-13-14-15-16-21-23(24)22-19-17-18-20-22/h22H,2-21H2,1H3. The van der Waals surface area contributed by atoms with Crippen LogP contribution in [-0.4, -0.2) is 5.78 Å². The van der Waals surface area contributed by atoms with Crippen molar-refractivity contribution >= 4 is 5.78 Å². The molecule has 1 rings (SSSR count). The minimum Gasteiger partial charge on any atom is -0.299 e. The molecule has 1 heteroatoms. The monoisotopic (exact) mass is 336 g/mol. The summed E-state index contributed by atoms with van der Waals surface area (Å²) in [7, 11) is 0. The van der Waals surface area contributed by atoms with E-state index in [0.717, 1.165) is 12.8 Å². The highest BCUT2D eigenvalue weighted by Gasteiger charge is 2.21. The lowest BCUT2D eigenvalue weighted by Gasteiger charge is -2.07. The molecule has 0 aromatic carbocycles. The van der Waals surface area contributed by atoms with E-state index in [2.05, 4.69) is 6.92 Å². The number of carbonyl (C=O) groups excluding carboxylic acids is 1. The molecule has 1 saturated carbocycles. The summed E-state index contributed by atoms with van der Waals surface area (Å²) in [6, 6.07) is 0. The first kappa shape index (κ1) is 21.7. The summed E-state index contributed by atoms with van der Waals surface area (Å²) >= 11 is 0. The molecule has 0 radical (unpaired) electrons. The number of ketones is 1. The number of carbonyl (C=O) groups is 1. The molecule has 0 aromatic rings. The maximum absolute atomic E-state index is 12.0. The van der Waals surface area contributed by atoms with Crippen molar-refractivity contribution in [1.29, 1.82) is 0 Å². The zero-order valence-corrected chi connectivity index (χ0v) is 16.6. The fourth-order valence-electron chi connectivity index (χ4n) is 4.12. The highest BCUT2D eigenvalue weighted by molar-refractivity contribution is 5.81. The van der Waals surface area contributed by atoms with Gasteiger partial charge in [-0.3, -0.25) is 4.79 Å². The lowest BCUT2D eigenvalue weighted by atomic mass is 9.97. The minimum absolute atomic E-state index is 0.441. The topological polar surface area (TPSA) is 17.1 Å². The number of Topliss-reactive ketones (excluding diaryl/α,β-unsaturated/α-hetero) is 1. The van der Waals surface area contributed by atoms with Crippen molar-refractivity contribution in [3.8, 4) is 0 Å². The van der Waals surface area contributed by atoms with Crippen LogP contribution >= 0.6 is 0 Å². The van der Waals surface area contributed by atoms with E-state index >= 15 is 0 Å². The van der Waals surface area contributed by atoms with Crippen LogP contribution in [0.1, 0.15) is 135 Å². The number of rotatable bonds is 17. The van der Waals surface area contributed by atoms with Crippen LogP contribution in [0.3, 0.4) is 0 Å². The summed E-state index contributed by atoms with van der Waals surface area (Å²) in [6.45, 7) is 2.29. The first-order valence-electron chi connectivity index (χ1n) is 11.4. The van der Waals surface area contributed by atoms with Crippen LogP contribution in [0.4, 0.5) is 0 Å². The van der Waals surface area contributed by atoms with Crippen molar-refractivity contribution < 1.29 is 4.79 Å². The van der Waals surface area contributed by atoms with Crippen LogP contribution in [0.5, 0.6) is 0 Å². The van der Waals surface area contributed by atoms with Crippen molar-refractivity contribution in [3.05, 3.63) is 0 Å². The molecule has 1 aliphatic rings. The molecule has 0 atom stereocenters. The van der Waals surface area contributed by atoms with Gasteiger partial charge in [0.2, 0.25) is 0 Å². The Bertz CT molecular complexity index is 278. The van der Waals surface area contributed by atoms with Gasteiger partial charge in [0.05, 0.1) is 0 Å². The van der Waals surface area contributed by atoms with Crippen LogP contribution in [0.25, 0.3) is 0 Å².